The summed E-state index contributed by atoms with van der Waals surface area (Å²) >= 11 is 0. The Hall–Kier alpha value is -2.98. The number of ether oxygens (including phenoxy) is 1. The fourth-order valence-corrected chi connectivity index (χ4v) is 5.08. The van der Waals surface area contributed by atoms with Crippen LogP contribution in [0.5, 0.6) is 5.75 Å². The fraction of sp³-hybridized carbons (Fsp3) is 0.478. The number of benzene rings is 1. The van der Waals surface area contributed by atoms with Gasteiger partial charge in [-0.2, -0.15) is 5.26 Å². The maximum absolute atomic E-state index is 12.9. The summed E-state index contributed by atoms with van der Waals surface area (Å²) in [6.45, 7) is 12.0. The number of nitrogens with zero attached hydrogens (tertiary/aromatic N) is 4. The average molecular weight is 408 g/mol. The van der Waals surface area contributed by atoms with Crippen molar-refractivity contribution < 1.29 is 9.53 Å². The number of hydrazine groups is 1. The topological polar surface area (TPSA) is 105 Å². The molecule has 7 nitrogen and oxygen atoms in total. The summed E-state index contributed by atoms with van der Waals surface area (Å²) in [4.78, 5) is 21.1. The SMILES string of the molecule is CCc1cc(O[C@H]2C(C)(C)[C@H](N(N)C(=O)c3cnc(C)nc3)C2(C)C)ccc1C#N. The Morgan fingerprint density at radius 3 is 2.37 bits per heavy atom. The van der Waals surface area contributed by atoms with Gasteiger partial charge in [0, 0.05) is 23.2 Å². The highest BCUT2D eigenvalue weighted by atomic mass is 16.5. The molecule has 0 radical (unpaired) electrons. The van der Waals surface area contributed by atoms with E-state index in [4.69, 9.17) is 10.6 Å². The number of nitriles is 1. The molecular weight excluding hydrogens is 378 g/mol. The van der Waals surface area contributed by atoms with Gasteiger partial charge < -0.3 is 4.74 Å². The molecule has 2 aromatic rings. The molecule has 1 saturated carbocycles. The lowest BCUT2D eigenvalue weighted by molar-refractivity contribution is -0.199. The maximum Gasteiger partial charge on any atom is 0.271 e. The molecule has 0 spiro atoms. The monoisotopic (exact) mass is 407 g/mol. The molecule has 1 fully saturated rings. The molecule has 1 aliphatic carbocycles. The number of rotatable bonds is 5. The molecule has 3 rings (SSSR count). The number of hydrogen-bond acceptors (Lipinski definition) is 6. The van der Waals surface area contributed by atoms with Crippen molar-refractivity contribution in [2.75, 3.05) is 0 Å². The first-order chi connectivity index (χ1) is 14.0. The van der Waals surface area contributed by atoms with Crippen LogP contribution in [0.1, 0.15) is 61.9 Å². The third kappa shape index (κ3) is 3.52. The minimum atomic E-state index is -0.389. The van der Waals surface area contributed by atoms with Crippen LogP contribution in [0, 0.1) is 29.1 Å². The lowest BCUT2D eigenvalue weighted by atomic mass is 9.49. The summed E-state index contributed by atoms with van der Waals surface area (Å²) in [7, 11) is 0. The Kier molecular flexibility index (Phi) is 5.57. The molecule has 0 atom stereocenters. The molecule has 0 bridgehead atoms. The van der Waals surface area contributed by atoms with E-state index in [2.05, 4.69) is 43.7 Å². The highest BCUT2D eigenvalue weighted by Crippen LogP contribution is 2.57. The van der Waals surface area contributed by atoms with Crippen LogP contribution in [0.4, 0.5) is 0 Å². The van der Waals surface area contributed by atoms with Crippen LogP contribution in [0.15, 0.2) is 30.6 Å². The van der Waals surface area contributed by atoms with E-state index in [0.29, 0.717) is 17.0 Å². The van der Waals surface area contributed by atoms with E-state index in [1.165, 1.54) is 17.4 Å². The van der Waals surface area contributed by atoms with E-state index >= 15 is 0 Å². The zero-order valence-electron chi connectivity index (χ0n) is 18.4. The van der Waals surface area contributed by atoms with Crippen LogP contribution < -0.4 is 10.6 Å². The van der Waals surface area contributed by atoms with Crippen LogP contribution in [0.25, 0.3) is 0 Å². The second-order valence-electron chi connectivity index (χ2n) is 9.06. The van der Waals surface area contributed by atoms with Crippen molar-refractivity contribution in [1.82, 2.24) is 15.0 Å². The molecule has 1 aromatic heterocycles. The quantitative estimate of drug-likeness (QED) is 0.462. The first-order valence-corrected chi connectivity index (χ1v) is 10.1. The molecule has 30 heavy (non-hydrogen) atoms. The third-order valence-electron chi connectivity index (χ3n) is 6.13. The predicted octanol–water partition coefficient (Wildman–Crippen LogP) is 3.42. The molecule has 1 heterocycles. The van der Waals surface area contributed by atoms with Crippen molar-refractivity contribution in [3.8, 4) is 11.8 Å². The number of carbonyl (C=O) groups excluding carboxylic acids is 1. The van der Waals surface area contributed by atoms with Gasteiger partial charge in [0.15, 0.2) is 0 Å². The summed E-state index contributed by atoms with van der Waals surface area (Å²) in [5, 5.41) is 10.5. The van der Waals surface area contributed by atoms with E-state index < -0.39 is 0 Å². The zero-order valence-corrected chi connectivity index (χ0v) is 18.4. The van der Waals surface area contributed by atoms with Crippen LogP contribution in [0.2, 0.25) is 0 Å². The Balaban J connectivity index is 1.83. The van der Waals surface area contributed by atoms with Crippen molar-refractivity contribution in [3.63, 3.8) is 0 Å². The molecule has 1 aromatic carbocycles. The van der Waals surface area contributed by atoms with Gasteiger partial charge in [0.05, 0.1) is 23.2 Å². The van der Waals surface area contributed by atoms with Crippen LogP contribution in [0.3, 0.4) is 0 Å². The van der Waals surface area contributed by atoms with E-state index in [9.17, 15) is 10.1 Å². The summed E-state index contributed by atoms with van der Waals surface area (Å²) in [5.74, 6) is 7.32. The summed E-state index contributed by atoms with van der Waals surface area (Å²) in [6, 6.07) is 7.51. The molecule has 7 heteroatoms. The molecule has 158 valence electrons. The van der Waals surface area contributed by atoms with Gasteiger partial charge in [-0.3, -0.25) is 9.80 Å². The number of aromatic nitrogens is 2. The Labute approximate surface area is 177 Å². The van der Waals surface area contributed by atoms with Crippen molar-refractivity contribution in [2.24, 2.45) is 16.7 Å². The van der Waals surface area contributed by atoms with Crippen LogP contribution in [-0.4, -0.2) is 33.0 Å². The van der Waals surface area contributed by atoms with Crippen molar-refractivity contribution in [3.05, 3.63) is 53.1 Å². The Morgan fingerprint density at radius 1 is 1.23 bits per heavy atom. The Bertz CT molecular complexity index is 976. The van der Waals surface area contributed by atoms with Gasteiger partial charge in [-0.05, 0) is 37.1 Å². The van der Waals surface area contributed by atoms with E-state index in [1.54, 1.807) is 13.0 Å². The van der Waals surface area contributed by atoms with Gasteiger partial charge in [0.2, 0.25) is 0 Å². The van der Waals surface area contributed by atoms with E-state index in [0.717, 1.165) is 17.7 Å². The molecule has 2 N–H and O–H groups in total. The Morgan fingerprint density at radius 2 is 1.83 bits per heavy atom. The fourth-order valence-electron chi connectivity index (χ4n) is 5.08. The van der Waals surface area contributed by atoms with Crippen molar-refractivity contribution in [1.29, 1.82) is 5.26 Å². The lowest BCUT2D eigenvalue weighted by Crippen LogP contribution is -2.76. The molecule has 0 aliphatic heterocycles. The largest absolute Gasteiger partial charge is 0.489 e. The first kappa shape index (κ1) is 21.7. The second-order valence-corrected chi connectivity index (χ2v) is 9.06. The average Bonchev–Trinajstić information content (AvgIpc) is 2.71. The number of amides is 1. The van der Waals surface area contributed by atoms with Gasteiger partial charge in [-0.15, -0.1) is 0 Å². The minimum absolute atomic E-state index is 0.166. The predicted molar refractivity (Wildman–Crippen MR) is 113 cm³/mol. The number of carbonyl (C=O) groups is 1. The highest BCUT2D eigenvalue weighted by molar-refractivity contribution is 5.93. The number of aryl methyl sites for hydroxylation is 2. The summed E-state index contributed by atoms with van der Waals surface area (Å²) in [6.07, 6.45) is 3.59. The molecule has 0 saturated heterocycles. The van der Waals surface area contributed by atoms with Gasteiger partial charge >= 0.3 is 0 Å². The summed E-state index contributed by atoms with van der Waals surface area (Å²) in [5.41, 5.74) is 1.20. The van der Waals surface area contributed by atoms with Crippen LogP contribution >= 0.6 is 0 Å². The van der Waals surface area contributed by atoms with E-state index in [1.807, 2.05) is 19.1 Å². The second kappa shape index (κ2) is 7.69. The highest BCUT2D eigenvalue weighted by Gasteiger charge is 2.66. The molecular formula is C23H29N5O2. The normalized spacial score (nSPS) is 21.3. The third-order valence-corrected chi connectivity index (χ3v) is 6.13. The molecule has 1 amide bonds. The standard InChI is InChI=1S/C23H29N5O2/c1-7-15-10-18(9-8-16(15)11-24)30-21-22(3,4)20(23(21,5)6)28(25)19(29)17-12-26-14(2)27-13-17/h8-10,12-13,20-21H,7,25H2,1-6H3/t20-,21-. The van der Waals surface area contributed by atoms with Crippen molar-refractivity contribution in [2.45, 2.75) is 60.1 Å². The van der Waals surface area contributed by atoms with Gasteiger partial charge in [0.25, 0.3) is 5.91 Å². The number of nitrogens with two attached hydrogens (primary N) is 1. The molecule has 1 aliphatic rings. The lowest BCUT2D eigenvalue weighted by Gasteiger charge is -2.64. The van der Waals surface area contributed by atoms with Crippen molar-refractivity contribution >= 4 is 5.91 Å². The van der Waals surface area contributed by atoms with E-state index in [-0.39, 0.29) is 28.9 Å². The van der Waals surface area contributed by atoms with Gasteiger partial charge in [-0.25, -0.2) is 15.8 Å². The van der Waals surface area contributed by atoms with Crippen LogP contribution in [-0.2, 0) is 6.42 Å². The zero-order chi connectivity index (χ0) is 22.3. The summed E-state index contributed by atoms with van der Waals surface area (Å²) < 4.78 is 6.38. The van der Waals surface area contributed by atoms with Gasteiger partial charge in [0.1, 0.15) is 17.7 Å². The maximum atomic E-state index is 12.9. The first-order valence-electron chi connectivity index (χ1n) is 10.1. The van der Waals surface area contributed by atoms with Gasteiger partial charge in [-0.1, -0.05) is 34.6 Å². The number of hydrogen-bond donors (Lipinski definition) is 1. The molecule has 0 unspecified atom stereocenters. The smallest absolute Gasteiger partial charge is 0.271 e. The minimum Gasteiger partial charge on any atom is -0.489 e.